The number of nitrogens with one attached hydrogen (secondary N) is 2. The van der Waals surface area contributed by atoms with Crippen LogP contribution in [-0.4, -0.2) is 31.1 Å². The molecule has 0 amide bonds. The molecule has 3 rings (SSSR count). The molecule has 1 atom stereocenters. The standard InChI is InChI=1S/C19H23N3O2S/c1-15-7-5-6-14-22(15)25(23,24)18-12-10-17(11-13-18)21-19(20)16-8-3-2-4-9-16/h2-4,8-13,15H,5-7,14H2,1H3,(H2,20,21)/t15-/m0/s1. The van der Waals surface area contributed by atoms with Crippen LogP contribution in [0.15, 0.2) is 59.5 Å². The molecule has 0 unspecified atom stereocenters. The Morgan fingerprint density at radius 3 is 2.40 bits per heavy atom. The van der Waals surface area contributed by atoms with Crippen molar-refractivity contribution in [2.45, 2.75) is 37.1 Å². The Kier molecular flexibility index (Phi) is 5.20. The topological polar surface area (TPSA) is 73.3 Å². The van der Waals surface area contributed by atoms with Crippen molar-refractivity contribution < 1.29 is 8.42 Å². The molecule has 0 bridgehead atoms. The lowest BCUT2D eigenvalue weighted by atomic mass is 10.1. The van der Waals surface area contributed by atoms with Gasteiger partial charge in [-0.25, -0.2) is 8.42 Å². The predicted octanol–water partition coefficient (Wildman–Crippen LogP) is 3.69. The first-order chi connectivity index (χ1) is 12.0. The zero-order valence-corrected chi connectivity index (χ0v) is 15.1. The Labute approximate surface area is 149 Å². The third kappa shape index (κ3) is 3.91. The number of hydrogen-bond acceptors (Lipinski definition) is 3. The van der Waals surface area contributed by atoms with E-state index in [9.17, 15) is 8.42 Å². The van der Waals surface area contributed by atoms with Crippen molar-refractivity contribution in [1.29, 1.82) is 5.41 Å². The van der Waals surface area contributed by atoms with Crippen molar-refractivity contribution in [2.75, 3.05) is 11.9 Å². The molecule has 0 spiro atoms. The van der Waals surface area contributed by atoms with Crippen LogP contribution in [0.4, 0.5) is 5.69 Å². The van der Waals surface area contributed by atoms with Gasteiger partial charge in [-0.15, -0.1) is 0 Å². The maximum atomic E-state index is 12.8. The number of amidine groups is 1. The monoisotopic (exact) mass is 357 g/mol. The number of rotatable bonds is 4. The van der Waals surface area contributed by atoms with Gasteiger partial charge in [0.25, 0.3) is 0 Å². The largest absolute Gasteiger partial charge is 0.340 e. The summed E-state index contributed by atoms with van der Waals surface area (Å²) in [6.07, 6.45) is 2.90. The number of piperidine rings is 1. The smallest absolute Gasteiger partial charge is 0.243 e. The molecule has 2 aromatic rings. The molecule has 0 aliphatic carbocycles. The summed E-state index contributed by atoms with van der Waals surface area (Å²) in [4.78, 5) is 0.304. The van der Waals surface area contributed by atoms with Gasteiger partial charge >= 0.3 is 0 Å². The summed E-state index contributed by atoms with van der Waals surface area (Å²) in [5.41, 5.74) is 1.47. The molecule has 1 aliphatic rings. The van der Waals surface area contributed by atoms with Crippen LogP contribution in [0.25, 0.3) is 0 Å². The molecule has 1 heterocycles. The van der Waals surface area contributed by atoms with Gasteiger partial charge in [-0.1, -0.05) is 36.8 Å². The Morgan fingerprint density at radius 2 is 1.76 bits per heavy atom. The summed E-state index contributed by atoms with van der Waals surface area (Å²) in [6, 6.07) is 16.0. The van der Waals surface area contributed by atoms with Crippen LogP contribution in [0, 0.1) is 5.41 Å². The SMILES string of the molecule is C[C@H]1CCCCN1S(=O)(=O)c1ccc(NC(=N)c2ccccc2)cc1. The first kappa shape index (κ1) is 17.6. The minimum Gasteiger partial charge on any atom is -0.340 e. The van der Waals surface area contributed by atoms with E-state index in [1.165, 1.54) is 0 Å². The molecule has 5 nitrogen and oxygen atoms in total. The predicted molar refractivity (Wildman–Crippen MR) is 101 cm³/mol. The van der Waals surface area contributed by atoms with Crippen molar-refractivity contribution in [1.82, 2.24) is 4.31 Å². The molecule has 6 heteroatoms. The molecular formula is C19H23N3O2S. The Balaban J connectivity index is 1.74. The fraction of sp³-hybridized carbons (Fsp3) is 0.316. The molecule has 132 valence electrons. The van der Waals surface area contributed by atoms with E-state index >= 15 is 0 Å². The van der Waals surface area contributed by atoms with Crippen LogP contribution in [0.1, 0.15) is 31.7 Å². The van der Waals surface area contributed by atoms with E-state index in [2.05, 4.69) is 5.32 Å². The van der Waals surface area contributed by atoms with Crippen molar-refractivity contribution >= 4 is 21.5 Å². The quantitative estimate of drug-likeness (QED) is 0.647. The van der Waals surface area contributed by atoms with Gasteiger partial charge < -0.3 is 5.32 Å². The van der Waals surface area contributed by atoms with Crippen molar-refractivity contribution in [2.24, 2.45) is 0 Å². The van der Waals surface area contributed by atoms with E-state index in [1.807, 2.05) is 37.3 Å². The minimum atomic E-state index is -3.46. The van der Waals surface area contributed by atoms with Crippen LogP contribution < -0.4 is 5.32 Å². The van der Waals surface area contributed by atoms with E-state index in [-0.39, 0.29) is 11.9 Å². The molecule has 2 N–H and O–H groups in total. The Morgan fingerprint density at radius 1 is 1.08 bits per heavy atom. The summed E-state index contributed by atoms with van der Waals surface area (Å²) in [5.74, 6) is 0.279. The molecule has 0 radical (unpaired) electrons. The summed E-state index contributed by atoms with van der Waals surface area (Å²) >= 11 is 0. The van der Waals surface area contributed by atoms with Gasteiger partial charge in [-0.05, 0) is 44.0 Å². The van der Waals surface area contributed by atoms with Gasteiger partial charge in [0.2, 0.25) is 10.0 Å². The summed E-state index contributed by atoms with van der Waals surface area (Å²) in [7, 11) is -3.46. The zero-order valence-electron chi connectivity index (χ0n) is 14.3. The molecular weight excluding hydrogens is 334 g/mol. The van der Waals surface area contributed by atoms with Gasteiger partial charge in [0.1, 0.15) is 5.84 Å². The van der Waals surface area contributed by atoms with Gasteiger partial charge in [0, 0.05) is 23.8 Å². The van der Waals surface area contributed by atoms with Crippen molar-refractivity contribution in [3.05, 3.63) is 60.2 Å². The number of nitrogens with zero attached hydrogens (tertiary/aromatic N) is 1. The van der Waals surface area contributed by atoms with Crippen LogP contribution in [0.2, 0.25) is 0 Å². The second-order valence-electron chi connectivity index (χ2n) is 6.35. The Hall–Kier alpha value is -2.18. The highest BCUT2D eigenvalue weighted by molar-refractivity contribution is 7.89. The zero-order chi connectivity index (χ0) is 17.9. The van der Waals surface area contributed by atoms with Crippen LogP contribution in [0.5, 0.6) is 0 Å². The van der Waals surface area contributed by atoms with E-state index in [4.69, 9.17) is 5.41 Å². The highest BCUT2D eigenvalue weighted by Gasteiger charge is 2.30. The molecule has 1 fully saturated rings. The lowest BCUT2D eigenvalue weighted by Gasteiger charge is -2.32. The Bertz CT molecular complexity index is 833. The van der Waals surface area contributed by atoms with Crippen LogP contribution in [0.3, 0.4) is 0 Å². The second-order valence-corrected chi connectivity index (χ2v) is 8.24. The average molecular weight is 357 g/mol. The molecule has 1 saturated heterocycles. The lowest BCUT2D eigenvalue weighted by molar-refractivity contribution is 0.268. The van der Waals surface area contributed by atoms with E-state index in [0.29, 0.717) is 17.1 Å². The molecule has 2 aromatic carbocycles. The molecule has 0 saturated carbocycles. The van der Waals surface area contributed by atoms with Gasteiger partial charge in [0.05, 0.1) is 4.90 Å². The number of hydrogen-bond donors (Lipinski definition) is 2. The number of benzene rings is 2. The highest BCUT2D eigenvalue weighted by Crippen LogP contribution is 2.26. The van der Waals surface area contributed by atoms with Gasteiger partial charge in [-0.3, -0.25) is 5.41 Å². The first-order valence-electron chi connectivity index (χ1n) is 8.51. The number of anilines is 1. The molecule has 1 aliphatic heterocycles. The maximum absolute atomic E-state index is 12.8. The maximum Gasteiger partial charge on any atom is 0.243 e. The number of sulfonamides is 1. The van der Waals surface area contributed by atoms with E-state index in [0.717, 1.165) is 24.8 Å². The normalized spacial score (nSPS) is 18.7. The molecule has 25 heavy (non-hydrogen) atoms. The second kappa shape index (κ2) is 7.37. The summed E-state index contributed by atoms with van der Waals surface area (Å²) in [6.45, 7) is 2.55. The first-order valence-corrected chi connectivity index (χ1v) is 9.95. The summed E-state index contributed by atoms with van der Waals surface area (Å²) < 4.78 is 27.2. The minimum absolute atomic E-state index is 0.0443. The fourth-order valence-electron chi connectivity index (χ4n) is 3.10. The van der Waals surface area contributed by atoms with Crippen molar-refractivity contribution in [3.8, 4) is 0 Å². The molecule has 0 aromatic heterocycles. The lowest BCUT2D eigenvalue weighted by Crippen LogP contribution is -2.41. The van der Waals surface area contributed by atoms with E-state index < -0.39 is 10.0 Å². The van der Waals surface area contributed by atoms with Gasteiger partial charge in [0.15, 0.2) is 0 Å². The highest BCUT2D eigenvalue weighted by atomic mass is 32.2. The third-order valence-electron chi connectivity index (χ3n) is 4.53. The van der Waals surface area contributed by atoms with Crippen LogP contribution >= 0.6 is 0 Å². The average Bonchev–Trinajstić information content (AvgIpc) is 2.63. The van der Waals surface area contributed by atoms with Crippen molar-refractivity contribution in [3.63, 3.8) is 0 Å². The summed E-state index contributed by atoms with van der Waals surface area (Å²) in [5, 5.41) is 11.1. The fourth-order valence-corrected chi connectivity index (χ4v) is 4.80. The van der Waals surface area contributed by atoms with Gasteiger partial charge in [-0.2, -0.15) is 4.31 Å². The van der Waals surface area contributed by atoms with Crippen LogP contribution in [-0.2, 0) is 10.0 Å². The van der Waals surface area contributed by atoms with E-state index in [1.54, 1.807) is 28.6 Å². The third-order valence-corrected chi connectivity index (χ3v) is 6.56.